The van der Waals surface area contributed by atoms with Gasteiger partial charge < -0.3 is 65.2 Å². The molecule has 25 heteroatoms. The highest BCUT2D eigenvalue weighted by Crippen LogP contribution is 2.28. The number of hydrogen-bond acceptors (Lipinski definition) is 15. The normalized spacial score (nSPS) is 24.9. The van der Waals surface area contributed by atoms with Crippen molar-refractivity contribution in [3.8, 4) is 0 Å². The third-order valence-corrected chi connectivity index (χ3v) is 19.0. The predicted molar refractivity (Wildman–Crippen MR) is 379 cm³/mol. The summed E-state index contributed by atoms with van der Waals surface area (Å²) < 4.78 is 5.47. The lowest BCUT2D eigenvalue weighted by molar-refractivity contribution is -0.157. The Morgan fingerprint density at radius 1 is 0.480 bits per heavy atom. The molecule has 98 heavy (non-hydrogen) atoms. The number of Topliss-reactive ketones (excluding diaryl/α,β-unsaturated/α-hetero) is 2. The van der Waals surface area contributed by atoms with Gasteiger partial charge in [0.2, 0.25) is 59.1 Å². The molecule has 10 amide bonds. The Hall–Kier alpha value is -6.08. The number of ketones is 2. The molecule has 5 N–H and O–H groups in total. The first-order chi connectivity index (χ1) is 45.6. The average Bonchev–Trinajstić information content (AvgIpc) is 0.804. The Morgan fingerprint density at radius 3 is 1.45 bits per heavy atom. The van der Waals surface area contributed by atoms with Gasteiger partial charge in [0, 0.05) is 94.3 Å². The molecule has 1 aliphatic heterocycles. The van der Waals surface area contributed by atoms with E-state index in [9.17, 15) is 43.5 Å². The minimum Gasteiger partial charge on any atom is -0.396 e. The second-order valence-electron chi connectivity index (χ2n) is 30.2. The molecule has 0 aromatic rings. The first-order valence-corrected chi connectivity index (χ1v) is 36.3. The van der Waals surface area contributed by atoms with Gasteiger partial charge in [-0.3, -0.25) is 57.5 Å². The predicted octanol–water partition coefficient (Wildman–Crippen LogP) is 5.87. The van der Waals surface area contributed by atoms with E-state index >= 15 is 19.2 Å². The molecule has 0 aliphatic carbocycles. The zero-order valence-electron chi connectivity index (χ0n) is 64.4. The van der Waals surface area contributed by atoms with Crippen LogP contribution < -0.4 is 16.0 Å². The molecule has 0 saturated carbocycles. The lowest BCUT2D eigenvalue weighted by atomic mass is 9.85. The molecule has 1 saturated heterocycles. The van der Waals surface area contributed by atoms with Crippen LogP contribution in [-0.2, 0) is 62.3 Å². The van der Waals surface area contributed by atoms with Gasteiger partial charge in [-0.05, 0) is 119 Å². The van der Waals surface area contributed by atoms with Crippen LogP contribution in [0.1, 0.15) is 214 Å². The van der Waals surface area contributed by atoms with Gasteiger partial charge in [0.1, 0.15) is 54.1 Å². The van der Waals surface area contributed by atoms with E-state index in [0.29, 0.717) is 64.6 Å². The quantitative estimate of drug-likeness (QED) is 0.0572. The highest BCUT2D eigenvalue weighted by Gasteiger charge is 2.46. The number of carbonyl (C=O) groups is 12. The van der Waals surface area contributed by atoms with E-state index < -0.39 is 156 Å². The van der Waals surface area contributed by atoms with E-state index in [0.717, 1.165) is 22.6 Å². The molecule has 1 unspecified atom stereocenters. The van der Waals surface area contributed by atoms with Crippen LogP contribution in [0.2, 0.25) is 0 Å². The fourth-order valence-corrected chi connectivity index (χ4v) is 12.7. The van der Waals surface area contributed by atoms with Crippen LogP contribution in [0.25, 0.3) is 0 Å². The van der Waals surface area contributed by atoms with Gasteiger partial charge in [-0.1, -0.05) is 116 Å². The van der Waals surface area contributed by atoms with Crippen LogP contribution >= 0.6 is 0 Å². The standard InChI is InChI=1S/C73H132N10O15/c1-24-55-70(94)77(17)43-61(87)78(18)56(38-44(2)3)60(86)42-54(48(10)11)69(93)79(19)57(39-45(4)5)66(90)74-51(15)65(89)75-52(16)68(92)80(20)58(40-46(6)7)71(95)81(21)59(41-47(8)9)72(96)82(22)62(49(12)13)73(97)83(23)63(67(91)76-55)64(88)50(14)32-27-25-26-28-33-53(85)34-29-30-36-98-37-31-35-84/h44-52,54-59,62-64,84,88H,24-43H2,1-23H3,(H,74,90)(H,75,89)(H,76,91)/t50-,51+,52-,54?,55+,56+,57+,58+,59+,62+,63+,64-/m1/s1. The Balaban J connectivity index is 4.18. The number of ether oxygens (including phenoxy) is 1. The van der Waals surface area contributed by atoms with Crippen molar-refractivity contribution in [2.24, 2.45) is 47.3 Å². The number of nitrogens with zero attached hydrogens (tertiary/aromatic N) is 7. The summed E-state index contributed by atoms with van der Waals surface area (Å²) in [5.41, 5.74) is 0. The maximum Gasteiger partial charge on any atom is 0.246 e. The second-order valence-corrected chi connectivity index (χ2v) is 30.2. The van der Waals surface area contributed by atoms with Crippen molar-refractivity contribution in [2.45, 2.75) is 274 Å². The van der Waals surface area contributed by atoms with E-state index in [1.165, 1.54) is 87.7 Å². The Kier molecular flexibility index (Phi) is 40.6. The Bertz CT molecular complexity index is 2580. The summed E-state index contributed by atoms with van der Waals surface area (Å²) in [6, 6.07) is -11.2. The fourth-order valence-electron chi connectivity index (χ4n) is 12.7. The molecule has 12 atom stereocenters. The number of unbranched alkanes of at least 4 members (excludes halogenated alkanes) is 4. The van der Waals surface area contributed by atoms with Crippen molar-refractivity contribution in [3.05, 3.63) is 0 Å². The Labute approximate surface area is 588 Å². The van der Waals surface area contributed by atoms with Gasteiger partial charge in [-0.15, -0.1) is 0 Å². The van der Waals surface area contributed by atoms with Gasteiger partial charge in [-0.25, -0.2) is 0 Å². The smallest absolute Gasteiger partial charge is 0.246 e. The minimum atomic E-state index is -1.64. The van der Waals surface area contributed by atoms with Crippen molar-refractivity contribution >= 4 is 70.6 Å². The second kappa shape index (κ2) is 44.2. The van der Waals surface area contributed by atoms with E-state index in [4.69, 9.17) is 9.84 Å². The molecule has 0 radical (unpaired) electrons. The number of aliphatic hydroxyl groups excluding tert-OH is 2. The molecule has 0 aromatic heterocycles. The molecule has 0 aromatic carbocycles. The summed E-state index contributed by atoms with van der Waals surface area (Å²) in [4.78, 5) is 183. The first-order valence-electron chi connectivity index (χ1n) is 36.3. The largest absolute Gasteiger partial charge is 0.396 e. The van der Waals surface area contributed by atoms with Crippen molar-refractivity contribution < 1.29 is 72.5 Å². The van der Waals surface area contributed by atoms with Crippen LogP contribution in [0, 0.1) is 47.3 Å². The SMILES string of the molecule is CC[C@@H]1NC(=O)[C@H]([C@H](O)[C@H](C)CCCCCCC(=O)CCCCOCCCO)N(C)C(=O)[C@H](C(C)C)N(C)C(=O)[C@H](CC(C)C)N(C)C(=O)[C@H](CC(C)C)N(C)C(=O)[C@@H](C)NC(=O)[C@H](C)NC(=O)[C@H](CC(C)C)N(C)C(=O)C(C(C)C)CC(=O)[C@H](CC(C)C)N(C)C(=O)CN(C)C1=O. The molecular formula is C73H132N10O15. The summed E-state index contributed by atoms with van der Waals surface area (Å²) in [6.07, 6.45) is 4.87. The van der Waals surface area contributed by atoms with Gasteiger partial charge in [0.25, 0.3) is 0 Å². The van der Waals surface area contributed by atoms with Crippen molar-refractivity contribution in [3.63, 3.8) is 0 Å². The summed E-state index contributed by atoms with van der Waals surface area (Å²) in [6.45, 7) is 28.9. The highest BCUT2D eigenvalue weighted by atomic mass is 16.5. The van der Waals surface area contributed by atoms with Crippen LogP contribution in [0.3, 0.4) is 0 Å². The monoisotopic (exact) mass is 1390 g/mol. The lowest BCUT2D eigenvalue weighted by Crippen LogP contribution is -2.63. The molecule has 564 valence electrons. The van der Waals surface area contributed by atoms with Crippen LogP contribution in [0.15, 0.2) is 0 Å². The third kappa shape index (κ3) is 28.5. The number of rotatable bonds is 28. The summed E-state index contributed by atoms with van der Waals surface area (Å²) in [7, 11) is 10.0. The van der Waals surface area contributed by atoms with E-state index in [-0.39, 0.29) is 74.6 Å². The highest BCUT2D eigenvalue weighted by molar-refractivity contribution is 5.99. The van der Waals surface area contributed by atoms with Crippen LogP contribution in [0.5, 0.6) is 0 Å². The molecule has 25 nitrogen and oxygen atoms in total. The Morgan fingerprint density at radius 2 is 0.939 bits per heavy atom. The zero-order chi connectivity index (χ0) is 75.3. The van der Waals surface area contributed by atoms with Crippen LogP contribution in [0.4, 0.5) is 0 Å². The average molecular weight is 1390 g/mol. The number of likely N-dealkylation sites (N-methyl/N-ethyl adjacent to an activating group) is 7. The molecule has 1 aliphatic rings. The summed E-state index contributed by atoms with van der Waals surface area (Å²) >= 11 is 0. The van der Waals surface area contributed by atoms with Gasteiger partial charge in [0.15, 0.2) is 5.78 Å². The van der Waals surface area contributed by atoms with Gasteiger partial charge in [-0.2, -0.15) is 0 Å². The minimum absolute atomic E-state index is 0.00883. The van der Waals surface area contributed by atoms with E-state index in [1.54, 1.807) is 41.5 Å². The zero-order valence-corrected chi connectivity index (χ0v) is 64.4. The number of carbonyl (C=O) groups excluding carboxylic acids is 12. The number of amides is 10. The number of aliphatic hydroxyl groups is 2. The van der Waals surface area contributed by atoms with Crippen molar-refractivity contribution in [2.75, 3.05) is 75.7 Å². The van der Waals surface area contributed by atoms with Gasteiger partial charge in [0.05, 0.1) is 18.7 Å². The van der Waals surface area contributed by atoms with Crippen LogP contribution in [-0.4, -0.2) is 251 Å². The first kappa shape index (κ1) is 89.9. The summed E-state index contributed by atoms with van der Waals surface area (Å²) in [5, 5.41) is 29.6. The van der Waals surface area contributed by atoms with E-state index in [1.807, 2.05) is 55.4 Å². The molecule has 1 fully saturated rings. The van der Waals surface area contributed by atoms with E-state index in [2.05, 4.69) is 16.0 Å². The topological polar surface area (TPSA) is 313 Å². The number of nitrogens with one attached hydrogen (secondary N) is 3. The summed E-state index contributed by atoms with van der Waals surface area (Å²) in [5.74, 6) is -10.1. The molecule has 0 bridgehead atoms. The maximum atomic E-state index is 15.4. The fraction of sp³-hybridized carbons (Fsp3) is 0.836. The van der Waals surface area contributed by atoms with Crippen molar-refractivity contribution in [1.82, 2.24) is 50.2 Å². The molecule has 1 rings (SSSR count). The molecule has 0 spiro atoms. The third-order valence-electron chi connectivity index (χ3n) is 19.0. The maximum absolute atomic E-state index is 15.4. The molecular weight excluding hydrogens is 1260 g/mol. The lowest BCUT2D eigenvalue weighted by Gasteiger charge is -2.41. The van der Waals surface area contributed by atoms with Crippen molar-refractivity contribution in [1.29, 1.82) is 0 Å². The van der Waals surface area contributed by atoms with Gasteiger partial charge >= 0.3 is 0 Å². The number of hydrogen-bond donors (Lipinski definition) is 5. The molecule has 1 heterocycles.